The number of carbonyl (C=O) groups excluding carboxylic acids is 1. The SMILES string of the molecule is Cc1ccc(CNC(=O)c2ccnc(F)c2)c(Cl)c1. The number of carbonyl (C=O) groups is 1. The monoisotopic (exact) mass is 278 g/mol. The second-order valence-electron chi connectivity index (χ2n) is 4.14. The Balaban J connectivity index is 2.04. The Kier molecular flexibility index (Phi) is 4.12. The molecule has 0 atom stereocenters. The van der Waals surface area contributed by atoms with Crippen molar-refractivity contribution in [1.29, 1.82) is 0 Å². The van der Waals surface area contributed by atoms with Crippen LogP contribution in [0.2, 0.25) is 5.02 Å². The summed E-state index contributed by atoms with van der Waals surface area (Å²) in [6.45, 7) is 2.23. The van der Waals surface area contributed by atoms with Gasteiger partial charge in [0, 0.05) is 29.4 Å². The lowest BCUT2D eigenvalue weighted by atomic mass is 10.1. The minimum Gasteiger partial charge on any atom is -0.348 e. The number of pyridine rings is 1. The molecule has 2 rings (SSSR count). The number of nitrogens with one attached hydrogen (secondary N) is 1. The molecule has 5 heteroatoms. The number of aromatic nitrogens is 1. The number of halogens is 2. The van der Waals surface area contributed by atoms with Gasteiger partial charge in [0.2, 0.25) is 5.95 Å². The third-order valence-electron chi connectivity index (χ3n) is 2.64. The Morgan fingerprint density at radius 2 is 2.16 bits per heavy atom. The first-order valence-corrected chi connectivity index (χ1v) is 6.09. The molecule has 2 aromatic rings. The van der Waals surface area contributed by atoms with Crippen molar-refractivity contribution in [3.8, 4) is 0 Å². The number of amides is 1. The lowest BCUT2D eigenvalue weighted by molar-refractivity contribution is 0.0950. The third kappa shape index (κ3) is 3.51. The summed E-state index contributed by atoms with van der Waals surface area (Å²) in [7, 11) is 0. The maximum absolute atomic E-state index is 12.9. The average Bonchev–Trinajstić information content (AvgIpc) is 2.37. The third-order valence-corrected chi connectivity index (χ3v) is 2.99. The van der Waals surface area contributed by atoms with Gasteiger partial charge in [-0.3, -0.25) is 4.79 Å². The second kappa shape index (κ2) is 5.80. The molecule has 0 aliphatic heterocycles. The van der Waals surface area contributed by atoms with Gasteiger partial charge in [0.15, 0.2) is 0 Å². The molecule has 0 fully saturated rings. The molecular weight excluding hydrogens is 267 g/mol. The van der Waals surface area contributed by atoms with Gasteiger partial charge in [-0.15, -0.1) is 0 Å². The van der Waals surface area contributed by atoms with Gasteiger partial charge >= 0.3 is 0 Å². The molecule has 1 aromatic carbocycles. The minimum atomic E-state index is -0.680. The summed E-state index contributed by atoms with van der Waals surface area (Å²) in [4.78, 5) is 15.2. The molecular formula is C14H12ClFN2O. The van der Waals surface area contributed by atoms with E-state index in [1.165, 1.54) is 12.3 Å². The zero-order valence-corrected chi connectivity index (χ0v) is 11.0. The van der Waals surface area contributed by atoms with Crippen LogP contribution < -0.4 is 5.32 Å². The largest absolute Gasteiger partial charge is 0.348 e. The van der Waals surface area contributed by atoms with E-state index in [4.69, 9.17) is 11.6 Å². The fourth-order valence-corrected chi connectivity index (χ4v) is 1.92. The second-order valence-corrected chi connectivity index (χ2v) is 4.55. The summed E-state index contributed by atoms with van der Waals surface area (Å²) >= 11 is 6.06. The molecule has 0 spiro atoms. The first-order valence-electron chi connectivity index (χ1n) is 5.71. The van der Waals surface area contributed by atoms with E-state index < -0.39 is 5.95 Å². The van der Waals surface area contributed by atoms with E-state index in [2.05, 4.69) is 10.3 Å². The summed E-state index contributed by atoms with van der Waals surface area (Å²) in [5.41, 5.74) is 2.10. The Bertz CT molecular complexity index is 616. The van der Waals surface area contributed by atoms with E-state index in [-0.39, 0.29) is 11.5 Å². The van der Waals surface area contributed by atoms with E-state index in [0.717, 1.165) is 17.2 Å². The van der Waals surface area contributed by atoms with Crippen LogP contribution >= 0.6 is 11.6 Å². The van der Waals surface area contributed by atoms with Crippen LogP contribution in [0.5, 0.6) is 0 Å². The predicted molar refractivity (Wildman–Crippen MR) is 71.6 cm³/mol. The van der Waals surface area contributed by atoms with Crippen molar-refractivity contribution in [2.24, 2.45) is 0 Å². The normalized spacial score (nSPS) is 10.3. The van der Waals surface area contributed by atoms with Crippen LogP contribution in [0.25, 0.3) is 0 Å². The standard InChI is InChI=1S/C14H12ClFN2O/c1-9-2-3-11(12(15)6-9)8-18-14(19)10-4-5-17-13(16)7-10/h2-7H,8H2,1H3,(H,18,19). The molecule has 1 amide bonds. The number of hydrogen-bond acceptors (Lipinski definition) is 2. The highest BCUT2D eigenvalue weighted by Gasteiger charge is 2.08. The smallest absolute Gasteiger partial charge is 0.251 e. The molecule has 0 aliphatic rings. The van der Waals surface area contributed by atoms with Crippen molar-refractivity contribution in [2.75, 3.05) is 0 Å². The molecule has 98 valence electrons. The Labute approximate surface area is 115 Å². The zero-order valence-electron chi connectivity index (χ0n) is 10.3. The summed E-state index contributed by atoms with van der Waals surface area (Å²) in [6, 6.07) is 8.14. The molecule has 1 N–H and O–H groups in total. The topological polar surface area (TPSA) is 42.0 Å². The highest BCUT2D eigenvalue weighted by Crippen LogP contribution is 2.17. The molecule has 0 bridgehead atoms. The van der Waals surface area contributed by atoms with Gasteiger partial charge in [-0.1, -0.05) is 23.7 Å². The molecule has 0 unspecified atom stereocenters. The lowest BCUT2D eigenvalue weighted by Crippen LogP contribution is -2.23. The number of aryl methyl sites for hydroxylation is 1. The average molecular weight is 279 g/mol. The first-order chi connectivity index (χ1) is 9.06. The molecule has 0 saturated carbocycles. The minimum absolute atomic E-state index is 0.232. The van der Waals surface area contributed by atoms with Gasteiger partial charge in [0.05, 0.1) is 0 Å². The molecule has 1 heterocycles. The Morgan fingerprint density at radius 3 is 2.84 bits per heavy atom. The van der Waals surface area contributed by atoms with Crippen molar-refractivity contribution < 1.29 is 9.18 Å². The van der Waals surface area contributed by atoms with Gasteiger partial charge in [-0.05, 0) is 30.2 Å². The zero-order chi connectivity index (χ0) is 13.8. The number of rotatable bonds is 3. The van der Waals surface area contributed by atoms with Gasteiger partial charge in [-0.25, -0.2) is 4.98 Å². The molecule has 1 aromatic heterocycles. The van der Waals surface area contributed by atoms with E-state index >= 15 is 0 Å². The van der Waals surface area contributed by atoms with Crippen LogP contribution in [-0.4, -0.2) is 10.9 Å². The maximum atomic E-state index is 12.9. The van der Waals surface area contributed by atoms with Crippen LogP contribution in [0.15, 0.2) is 36.5 Å². The fraction of sp³-hybridized carbons (Fsp3) is 0.143. The van der Waals surface area contributed by atoms with Crippen LogP contribution in [0.3, 0.4) is 0 Å². The molecule has 19 heavy (non-hydrogen) atoms. The fourth-order valence-electron chi connectivity index (χ4n) is 1.62. The number of benzene rings is 1. The summed E-state index contributed by atoms with van der Waals surface area (Å²) in [5, 5.41) is 3.28. The summed E-state index contributed by atoms with van der Waals surface area (Å²) < 4.78 is 12.9. The van der Waals surface area contributed by atoms with Crippen LogP contribution in [0, 0.1) is 12.9 Å². The van der Waals surface area contributed by atoms with E-state index in [9.17, 15) is 9.18 Å². The highest BCUT2D eigenvalue weighted by molar-refractivity contribution is 6.31. The van der Waals surface area contributed by atoms with Crippen molar-refractivity contribution in [2.45, 2.75) is 13.5 Å². The van der Waals surface area contributed by atoms with Crippen molar-refractivity contribution in [3.05, 3.63) is 64.2 Å². The quantitative estimate of drug-likeness (QED) is 0.877. The van der Waals surface area contributed by atoms with Crippen molar-refractivity contribution >= 4 is 17.5 Å². The van der Waals surface area contributed by atoms with E-state index in [0.29, 0.717) is 11.6 Å². The van der Waals surface area contributed by atoms with E-state index in [1.54, 1.807) is 0 Å². The van der Waals surface area contributed by atoms with Crippen molar-refractivity contribution in [3.63, 3.8) is 0 Å². The summed E-state index contributed by atoms with van der Waals surface area (Å²) in [5.74, 6) is -1.04. The maximum Gasteiger partial charge on any atom is 0.251 e. The Hall–Kier alpha value is -1.94. The van der Waals surface area contributed by atoms with Gasteiger partial charge in [0.1, 0.15) is 0 Å². The highest BCUT2D eigenvalue weighted by atomic mass is 35.5. The Morgan fingerprint density at radius 1 is 1.37 bits per heavy atom. The lowest BCUT2D eigenvalue weighted by Gasteiger charge is -2.07. The summed E-state index contributed by atoms with van der Waals surface area (Å²) in [6.07, 6.45) is 1.25. The van der Waals surface area contributed by atoms with Crippen LogP contribution in [0.4, 0.5) is 4.39 Å². The van der Waals surface area contributed by atoms with Gasteiger partial charge < -0.3 is 5.32 Å². The first kappa shape index (κ1) is 13.5. The predicted octanol–water partition coefficient (Wildman–Crippen LogP) is 3.11. The molecule has 0 aliphatic carbocycles. The van der Waals surface area contributed by atoms with Gasteiger partial charge in [0.25, 0.3) is 5.91 Å². The number of nitrogens with zero attached hydrogens (tertiary/aromatic N) is 1. The van der Waals surface area contributed by atoms with Crippen LogP contribution in [-0.2, 0) is 6.54 Å². The van der Waals surface area contributed by atoms with Crippen LogP contribution in [0.1, 0.15) is 21.5 Å². The molecule has 3 nitrogen and oxygen atoms in total. The molecule has 0 saturated heterocycles. The van der Waals surface area contributed by atoms with Gasteiger partial charge in [-0.2, -0.15) is 4.39 Å². The number of hydrogen-bond donors (Lipinski definition) is 1. The van der Waals surface area contributed by atoms with E-state index in [1.807, 2.05) is 25.1 Å². The molecule has 0 radical (unpaired) electrons. The van der Waals surface area contributed by atoms with Crippen molar-refractivity contribution in [1.82, 2.24) is 10.3 Å².